The molecule has 18 heavy (non-hydrogen) atoms. The van der Waals surface area contributed by atoms with Gasteiger partial charge in [0.05, 0.1) is 5.41 Å². The quantitative estimate of drug-likeness (QED) is 0.760. The predicted molar refractivity (Wildman–Crippen MR) is 70.2 cm³/mol. The molecule has 0 spiro atoms. The highest BCUT2D eigenvalue weighted by Gasteiger charge is 2.37. The standard InChI is InChI=1S/C14H25NO3/c1-10(2)7-8-15(11-5-6-11)12(16)9-14(3,4)13(17)18/h10-11H,5-9H2,1-4H3,(H,17,18). The zero-order chi connectivity index (χ0) is 13.9. The van der Waals surface area contributed by atoms with Crippen LogP contribution in [0.3, 0.4) is 0 Å². The molecule has 1 rings (SSSR count). The van der Waals surface area contributed by atoms with Gasteiger partial charge in [0.2, 0.25) is 5.91 Å². The number of carbonyl (C=O) groups excluding carboxylic acids is 1. The topological polar surface area (TPSA) is 57.6 Å². The van der Waals surface area contributed by atoms with Gasteiger partial charge in [-0.15, -0.1) is 0 Å². The molecule has 1 aliphatic carbocycles. The maximum Gasteiger partial charge on any atom is 0.309 e. The molecule has 0 aromatic rings. The fourth-order valence-corrected chi connectivity index (χ4v) is 1.85. The number of hydrogen-bond acceptors (Lipinski definition) is 2. The first-order valence-corrected chi connectivity index (χ1v) is 6.77. The first-order valence-electron chi connectivity index (χ1n) is 6.77. The largest absolute Gasteiger partial charge is 0.481 e. The van der Waals surface area contributed by atoms with Crippen LogP contribution in [-0.4, -0.2) is 34.5 Å². The molecule has 0 saturated heterocycles. The van der Waals surface area contributed by atoms with Crippen LogP contribution in [0.15, 0.2) is 0 Å². The van der Waals surface area contributed by atoms with Crippen molar-refractivity contribution in [3.8, 4) is 0 Å². The molecule has 1 amide bonds. The van der Waals surface area contributed by atoms with Gasteiger partial charge in [-0.1, -0.05) is 13.8 Å². The van der Waals surface area contributed by atoms with Gasteiger partial charge in [-0.25, -0.2) is 0 Å². The maximum atomic E-state index is 12.2. The van der Waals surface area contributed by atoms with Crippen LogP contribution < -0.4 is 0 Å². The van der Waals surface area contributed by atoms with Crippen molar-refractivity contribution in [1.82, 2.24) is 4.90 Å². The average Bonchev–Trinajstić information content (AvgIpc) is 3.00. The van der Waals surface area contributed by atoms with Crippen LogP contribution in [-0.2, 0) is 9.59 Å². The highest BCUT2D eigenvalue weighted by molar-refractivity contribution is 5.84. The second-order valence-electron chi connectivity index (χ2n) is 6.37. The van der Waals surface area contributed by atoms with Gasteiger partial charge < -0.3 is 10.0 Å². The van der Waals surface area contributed by atoms with E-state index in [4.69, 9.17) is 5.11 Å². The molecule has 1 fully saturated rings. The molecule has 0 radical (unpaired) electrons. The molecule has 1 aliphatic rings. The molecule has 0 atom stereocenters. The molecule has 0 bridgehead atoms. The van der Waals surface area contributed by atoms with E-state index in [9.17, 15) is 9.59 Å². The predicted octanol–water partition coefficient (Wildman–Crippen LogP) is 2.52. The van der Waals surface area contributed by atoms with E-state index in [0.717, 1.165) is 25.8 Å². The van der Waals surface area contributed by atoms with Crippen LogP contribution in [0.1, 0.15) is 53.4 Å². The van der Waals surface area contributed by atoms with Crippen LogP contribution >= 0.6 is 0 Å². The first-order chi connectivity index (χ1) is 8.24. The highest BCUT2D eigenvalue weighted by atomic mass is 16.4. The summed E-state index contributed by atoms with van der Waals surface area (Å²) in [6, 6.07) is 0.362. The third-order valence-corrected chi connectivity index (χ3v) is 3.43. The van der Waals surface area contributed by atoms with Gasteiger partial charge in [-0.2, -0.15) is 0 Å². The highest BCUT2D eigenvalue weighted by Crippen LogP contribution is 2.30. The Balaban J connectivity index is 2.57. The van der Waals surface area contributed by atoms with Gasteiger partial charge in [-0.3, -0.25) is 9.59 Å². The molecule has 104 valence electrons. The summed E-state index contributed by atoms with van der Waals surface area (Å²) in [5, 5.41) is 9.07. The summed E-state index contributed by atoms with van der Waals surface area (Å²) in [7, 11) is 0. The summed E-state index contributed by atoms with van der Waals surface area (Å²) in [6.07, 6.45) is 3.21. The Bertz CT molecular complexity index is 319. The first kappa shape index (κ1) is 15.0. The van der Waals surface area contributed by atoms with E-state index in [-0.39, 0.29) is 12.3 Å². The minimum absolute atomic E-state index is 0.00875. The summed E-state index contributed by atoms with van der Waals surface area (Å²) in [6.45, 7) is 8.26. The van der Waals surface area contributed by atoms with Crippen molar-refractivity contribution in [3.05, 3.63) is 0 Å². The van der Waals surface area contributed by atoms with Crippen molar-refractivity contribution >= 4 is 11.9 Å². The fourth-order valence-electron chi connectivity index (χ4n) is 1.85. The third-order valence-electron chi connectivity index (χ3n) is 3.43. The van der Waals surface area contributed by atoms with Crippen molar-refractivity contribution in [3.63, 3.8) is 0 Å². The van der Waals surface area contributed by atoms with E-state index < -0.39 is 11.4 Å². The molecule has 1 saturated carbocycles. The van der Waals surface area contributed by atoms with Crippen LogP contribution in [0.2, 0.25) is 0 Å². The molecule has 1 N–H and O–H groups in total. The van der Waals surface area contributed by atoms with E-state index in [1.807, 2.05) is 4.90 Å². The van der Waals surface area contributed by atoms with Crippen molar-refractivity contribution in [1.29, 1.82) is 0 Å². The van der Waals surface area contributed by atoms with Gasteiger partial charge in [0.25, 0.3) is 0 Å². The number of carboxylic acids is 1. The van der Waals surface area contributed by atoms with E-state index >= 15 is 0 Å². The van der Waals surface area contributed by atoms with E-state index in [0.29, 0.717) is 12.0 Å². The van der Waals surface area contributed by atoms with E-state index in [1.54, 1.807) is 13.8 Å². The number of nitrogens with zero attached hydrogens (tertiary/aromatic N) is 1. The Kier molecular flexibility index (Phi) is 4.77. The van der Waals surface area contributed by atoms with Crippen molar-refractivity contribution in [2.75, 3.05) is 6.54 Å². The SMILES string of the molecule is CC(C)CCN(C(=O)CC(C)(C)C(=O)O)C1CC1. The lowest BCUT2D eigenvalue weighted by molar-refractivity contribution is -0.151. The minimum Gasteiger partial charge on any atom is -0.481 e. The van der Waals surface area contributed by atoms with E-state index in [1.165, 1.54) is 0 Å². The molecule has 4 nitrogen and oxygen atoms in total. The number of aliphatic carboxylic acids is 1. The monoisotopic (exact) mass is 255 g/mol. The Morgan fingerprint density at radius 2 is 1.89 bits per heavy atom. The number of carboxylic acid groups (broad SMARTS) is 1. The second-order valence-corrected chi connectivity index (χ2v) is 6.37. The number of carbonyl (C=O) groups is 2. The summed E-state index contributed by atoms with van der Waals surface area (Å²) in [5.41, 5.74) is -0.970. The number of rotatable bonds is 7. The number of hydrogen-bond donors (Lipinski definition) is 1. The zero-order valence-electron chi connectivity index (χ0n) is 11.9. The van der Waals surface area contributed by atoms with Crippen molar-refractivity contribution in [2.24, 2.45) is 11.3 Å². The van der Waals surface area contributed by atoms with Crippen LogP contribution in [0.25, 0.3) is 0 Å². The molecule has 0 heterocycles. The minimum atomic E-state index is -0.970. The molecular weight excluding hydrogens is 230 g/mol. The normalized spacial score (nSPS) is 15.8. The maximum absolute atomic E-state index is 12.2. The zero-order valence-corrected chi connectivity index (χ0v) is 11.9. The Morgan fingerprint density at radius 3 is 2.28 bits per heavy atom. The average molecular weight is 255 g/mol. The Hall–Kier alpha value is -1.06. The summed E-state index contributed by atoms with van der Waals surface area (Å²) in [4.78, 5) is 25.2. The second kappa shape index (κ2) is 5.72. The summed E-state index contributed by atoms with van der Waals surface area (Å²) >= 11 is 0. The Labute approximate surface area is 109 Å². The van der Waals surface area contributed by atoms with Crippen molar-refractivity contribution < 1.29 is 14.7 Å². The summed E-state index contributed by atoms with van der Waals surface area (Å²) in [5.74, 6) is -0.354. The molecular formula is C14H25NO3. The fraction of sp³-hybridized carbons (Fsp3) is 0.857. The van der Waals surface area contributed by atoms with Crippen molar-refractivity contribution in [2.45, 2.75) is 59.4 Å². The molecule has 0 aromatic carbocycles. The molecule has 4 heteroatoms. The third kappa shape index (κ3) is 4.31. The smallest absolute Gasteiger partial charge is 0.309 e. The van der Waals surface area contributed by atoms with Gasteiger partial charge in [0, 0.05) is 19.0 Å². The van der Waals surface area contributed by atoms with Crippen LogP contribution in [0, 0.1) is 11.3 Å². The lowest BCUT2D eigenvalue weighted by Crippen LogP contribution is -2.39. The van der Waals surface area contributed by atoms with Gasteiger partial charge in [0.15, 0.2) is 0 Å². The molecule has 0 aliphatic heterocycles. The molecule has 0 unspecified atom stereocenters. The van der Waals surface area contributed by atoms with Gasteiger partial charge in [-0.05, 0) is 39.0 Å². The summed E-state index contributed by atoms with van der Waals surface area (Å²) < 4.78 is 0. The lowest BCUT2D eigenvalue weighted by Gasteiger charge is -2.27. The van der Waals surface area contributed by atoms with Gasteiger partial charge in [0.1, 0.15) is 0 Å². The number of amides is 1. The Morgan fingerprint density at radius 1 is 1.33 bits per heavy atom. The lowest BCUT2D eigenvalue weighted by atomic mass is 9.89. The molecule has 0 aromatic heterocycles. The van der Waals surface area contributed by atoms with Crippen LogP contribution in [0.5, 0.6) is 0 Å². The van der Waals surface area contributed by atoms with E-state index in [2.05, 4.69) is 13.8 Å². The van der Waals surface area contributed by atoms with Crippen LogP contribution in [0.4, 0.5) is 0 Å². The van der Waals surface area contributed by atoms with Gasteiger partial charge >= 0.3 is 5.97 Å².